The third-order valence-electron chi connectivity index (χ3n) is 1.70. The van der Waals surface area contributed by atoms with Gasteiger partial charge in [-0.25, -0.2) is 0 Å². The Bertz CT molecular complexity index is 356. The van der Waals surface area contributed by atoms with Gasteiger partial charge in [0, 0.05) is 12.6 Å². The molecule has 76 valence electrons. The molecule has 0 radical (unpaired) electrons. The van der Waals surface area contributed by atoms with Crippen molar-refractivity contribution in [3.63, 3.8) is 0 Å². The number of hydrogen-bond donors (Lipinski definition) is 3. The summed E-state index contributed by atoms with van der Waals surface area (Å²) in [7, 11) is 0. The molecule has 5 N–H and O–H groups in total. The molecule has 0 spiro atoms. The van der Waals surface area contributed by atoms with Crippen molar-refractivity contribution in [2.24, 2.45) is 5.73 Å². The van der Waals surface area contributed by atoms with Gasteiger partial charge in [0.25, 0.3) is 0 Å². The number of nitrogens with zero attached hydrogens (tertiary/aromatic N) is 1. The van der Waals surface area contributed by atoms with Crippen LogP contribution in [0.3, 0.4) is 0 Å². The molecule has 1 rings (SSSR count). The lowest BCUT2D eigenvalue weighted by Crippen LogP contribution is -2.32. The first-order valence-corrected chi connectivity index (χ1v) is 4.26. The zero-order valence-electron chi connectivity index (χ0n) is 7.27. The van der Waals surface area contributed by atoms with E-state index in [1.54, 1.807) is 0 Å². The quantitative estimate of drug-likeness (QED) is 0.672. The van der Waals surface area contributed by atoms with Crippen LogP contribution in [0.2, 0.25) is 5.02 Å². The molecule has 1 aromatic heterocycles. The van der Waals surface area contributed by atoms with Crippen molar-refractivity contribution < 1.29 is 9.90 Å². The zero-order chi connectivity index (χ0) is 10.7. The monoisotopic (exact) mass is 215 g/mol. The molecular weight excluding hydrogens is 206 g/mol. The molecule has 5 nitrogen and oxygen atoms in total. The molecule has 0 saturated heterocycles. The van der Waals surface area contributed by atoms with E-state index in [1.165, 1.54) is 12.3 Å². The summed E-state index contributed by atoms with van der Waals surface area (Å²) in [6, 6.07) is 0.518. The summed E-state index contributed by atoms with van der Waals surface area (Å²) in [5.41, 5.74) is 11.7. The predicted molar refractivity (Wildman–Crippen MR) is 53.0 cm³/mol. The second kappa shape index (κ2) is 4.26. The number of rotatable bonds is 3. The van der Waals surface area contributed by atoms with E-state index in [9.17, 15) is 4.79 Å². The number of nitrogens with two attached hydrogens (primary N) is 2. The molecule has 0 aromatic carbocycles. The summed E-state index contributed by atoms with van der Waals surface area (Å²) in [6.07, 6.45) is 1.50. The van der Waals surface area contributed by atoms with Crippen molar-refractivity contribution in [3.8, 4) is 0 Å². The van der Waals surface area contributed by atoms with Crippen molar-refractivity contribution in [3.05, 3.63) is 23.0 Å². The van der Waals surface area contributed by atoms with Crippen LogP contribution in [0.5, 0.6) is 0 Å². The van der Waals surface area contributed by atoms with E-state index in [0.29, 0.717) is 16.4 Å². The van der Waals surface area contributed by atoms with Gasteiger partial charge in [-0.05, 0) is 6.07 Å². The van der Waals surface area contributed by atoms with Crippen LogP contribution in [-0.2, 0) is 11.2 Å². The highest BCUT2D eigenvalue weighted by Crippen LogP contribution is 2.15. The van der Waals surface area contributed by atoms with Crippen LogP contribution < -0.4 is 11.5 Å². The number of aromatic nitrogens is 1. The Labute approximate surface area is 85.7 Å². The van der Waals surface area contributed by atoms with E-state index in [4.69, 9.17) is 28.2 Å². The van der Waals surface area contributed by atoms with Crippen molar-refractivity contribution in [2.75, 3.05) is 5.73 Å². The molecule has 0 aliphatic rings. The van der Waals surface area contributed by atoms with Crippen molar-refractivity contribution >= 4 is 23.3 Å². The molecule has 0 fully saturated rings. The van der Waals surface area contributed by atoms with Gasteiger partial charge in [0.2, 0.25) is 0 Å². The third-order valence-corrected chi connectivity index (χ3v) is 1.91. The van der Waals surface area contributed by atoms with Gasteiger partial charge in [-0.1, -0.05) is 11.6 Å². The van der Waals surface area contributed by atoms with Gasteiger partial charge in [0.15, 0.2) is 0 Å². The highest BCUT2D eigenvalue weighted by molar-refractivity contribution is 6.30. The maximum atomic E-state index is 10.5. The maximum Gasteiger partial charge on any atom is 0.320 e. The number of pyridine rings is 1. The van der Waals surface area contributed by atoms with Crippen LogP contribution in [0, 0.1) is 0 Å². The van der Waals surface area contributed by atoms with Gasteiger partial charge in [-0.2, -0.15) is 0 Å². The average molecular weight is 216 g/mol. The van der Waals surface area contributed by atoms with Gasteiger partial charge in [-0.3, -0.25) is 9.78 Å². The van der Waals surface area contributed by atoms with Crippen molar-refractivity contribution in [2.45, 2.75) is 12.5 Å². The third kappa shape index (κ3) is 2.58. The van der Waals surface area contributed by atoms with E-state index in [0.717, 1.165) is 0 Å². The predicted octanol–water partition coefficient (Wildman–Crippen LogP) is 0.272. The number of carboxylic acids is 1. The molecule has 0 bridgehead atoms. The molecule has 0 amide bonds. The Morgan fingerprint density at radius 1 is 1.71 bits per heavy atom. The first-order valence-electron chi connectivity index (χ1n) is 3.89. The molecule has 1 aromatic rings. The largest absolute Gasteiger partial charge is 0.480 e. The first-order chi connectivity index (χ1) is 6.50. The molecule has 1 heterocycles. The highest BCUT2D eigenvalue weighted by Gasteiger charge is 2.14. The van der Waals surface area contributed by atoms with Crippen LogP contribution in [0.1, 0.15) is 5.69 Å². The lowest BCUT2D eigenvalue weighted by Gasteiger charge is -2.07. The number of carboxylic acid groups (broad SMARTS) is 1. The van der Waals surface area contributed by atoms with Gasteiger partial charge in [0.05, 0.1) is 16.4 Å². The molecule has 0 aliphatic carbocycles. The molecule has 6 heteroatoms. The topological polar surface area (TPSA) is 102 Å². The SMILES string of the molecule is Nc1cc(Cl)cnc1CC(N)C(=O)O. The fourth-order valence-electron chi connectivity index (χ4n) is 0.949. The summed E-state index contributed by atoms with van der Waals surface area (Å²) in [5.74, 6) is -1.08. The summed E-state index contributed by atoms with van der Waals surface area (Å²) in [5, 5.41) is 8.98. The summed E-state index contributed by atoms with van der Waals surface area (Å²) < 4.78 is 0. The molecule has 1 unspecified atom stereocenters. The second-order valence-corrected chi connectivity index (χ2v) is 3.27. The lowest BCUT2D eigenvalue weighted by molar-refractivity contribution is -0.138. The van der Waals surface area contributed by atoms with E-state index in [-0.39, 0.29) is 6.42 Å². The minimum Gasteiger partial charge on any atom is -0.480 e. The standard InChI is InChI=1S/C8H10ClN3O2/c9-4-1-5(10)7(12-3-4)2-6(11)8(13)14/h1,3,6H,2,10-11H2,(H,13,14). The molecule has 0 aliphatic heterocycles. The summed E-state index contributed by atoms with van der Waals surface area (Å²) >= 11 is 5.63. The maximum absolute atomic E-state index is 10.5. The van der Waals surface area contributed by atoms with Crippen molar-refractivity contribution in [1.29, 1.82) is 0 Å². The summed E-state index contributed by atoms with van der Waals surface area (Å²) in [6.45, 7) is 0. The van der Waals surface area contributed by atoms with E-state index in [1.807, 2.05) is 0 Å². The Kier molecular flexibility index (Phi) is 3.27. The highest BCUT2D eigenvalue weighted by atomic mass is 35.5. The van der Waals surface area contributed by atoms with Crippen LogP contribution in [-0.4, -0.2) is 22.1 Å². The fourth-order valence-corrected chi connectivity index (χ4v) is 1.12. The van der Waals surface area contributed by atoms with Crippen LogP contribution in [0.25, 0.3) is 0 Å². The van der Waals surface area contributed by atoms with E-state index < -0.39 is 12.0 Å². The molecule has 1 atom stereocenters. The smallest absolute Gasteiger partial charge is 0.320 e. The Morgan fingerprint density at radius 3 is 2.86 bits per heavy atom. The number of hydrogen-bond acceptors (Lipinski definition) is 4. The van der Waals surface area contributed by atoms with Crippen molar-refractivity contribution in [1.82, 2.24) is 4.98 Å². The van der Waals surface area contributed by atoms with Crippen LogP contribution in [0.15, 0.2) is 12.3 Å². The lowest BCUT2D eigenvalue weighted by atomic mass is 10.1. The molecule has 0 saturated carbocycles. The minimum absolute atomic E-state index is 0.0956. The number of halogens is 1. The van der Waals surface area contributed by atoms with Gasteiger partial charge in [-0.15, -0.1) is 0 Å². The van der Waals surface area contributed by atoms with E-state index >= 15 is 0 Å². The normalized spacial score (nSPS) is 12.4. The molecule has 14 heavy (non-hydrogen) atoms. The van der Waals surface area contributed by atoms with Crippen LogP contribution >= 0.6 is 11.6 Å². The zero-order valence-corrected chi connectivity index (χ0v) is 8.03. The Balaban J connectivity index is 2.82. The summed E-state index contributed by atoms with van der Waals surface area (Å²) in [4.78, 5) is 14.4. The van der Waals surface area contributed by atoms with Gasteiger partial charge < -0.3 is 16.6 Å². The van der Waals surface area contributed by atoms with Crippen LogP contribution in [0.4, 0.5) is 5.69 Å². The van der Waals surface area contributed by atoms with Gasteiger partial charge in [0.1, 0.15) is 6.04 Å². The average Bonchev–Trinajstić information content (AvgIpc) is 2.09. The number of aliphatic carboxylic acids is 1. The van der Waals surface area contributed by atoms with Gasteiger partial charge >= 0.3 is 5.97 Å². The number of anilines is 1. The second-order valence-electron chi connectivity index (χ2n) is 2.84. The Hall–Kier alpha value is -1.33. The fraction of sp³-hybridized carbons (Fsp3) is 0.250. The first kappa shape index (κ1) is 10.7. The minimum atomic E-state index is -1.08. The molecular formula is C8H10ClN3O2. The Morgan fingerprint density at radius 2 is 2.36 bits per heavy atom. The van der Waals surface area contributed by atoms with E-state index in [2.05, 4.69) is 4.98 Å². The number of carbonyl (C=O) groups is 1. The number of nitrogen functional groups attached to an aromatic ring is 1.